The van der Waals surface area contributed by atoms with Crippen molar-refractivity contribution >= 4 is 10.0 Å². The highest BCUT2D eigenvalue weighted by atomic mass is 32.2. The van der Waals surface area contributed by atoms with Crippen LogP contribution in [0.4, 0.5) is 0 Å². The van der Waals surface area contributed by atoms with Gasteiger partial charge >= 0.3 is 0 Å². The lowest BCUT2D eigenvalue weighted by Gasteiger charge is -2.21. The maximum absolute atomic E-state index is 11.8. The van der Waals surface area contributed by atoms with Gasteiger partial charge in [0.2, 0.25) is 10.0 Å². The van der Waals surface area contributed by atoms with Gasteiger partial charge in [-0.05, 0) is 5.92 Å². The maximum atomic E-state index is 11.8. The summed E-state index contributed by atoms with van der Waals surface area (Å²) in [6.07, 6.45) is 4.51. The second-order valence-corrected chi connectivity index (χ2v) is 5.79. The van der Waals surface area contributed by atoms with E-state index in [4.69, 9.17) is 5.73 Å². The number of aromatic nitrogens is 2. The molecule has 0 bridgehead atoms. The molecule has 0 saturated heterocycles. The molecule has 0 aromatic carbocycles. The Morgan fingerprint density at radius 2 is 2.12 bits per heavy atom. The van der Waals surface area contributed by atoms with Gasteiger partial charge < -0.3 is 5.73 Å². The predicted octanol–water partition coefficient (Wildman–Crippen LogP) is 0.452. The highest BCUT2D eigenvalue weighted by Crippen LogP contribution is 2.11. The lowest BCUT2D eigenvalue weighted by molar-refractivity contribution is 0.392. The van der Waals surface area contributed by atoms with Gasteiger partial charge in [0.25, 0.3) is 0 Å². The lowest BCUT2D eigenvalue weighted by Crippen LogP contribution is -2.41. The largest absolute Gasteiger partial charge is 0.326 e. The van der Waals surface area contributed by atoms with E-state index >= 15 is 0 Å². The van der Waals surface area contributed by atoms with E-state index in [2.05, 4.69) is 28.8 Å². The molecule has 1 heterocycles. The smallest absolute Gasteiger partial charge is 0.243 e. The van der Waals surface area contributed by atoms with E-state index in [0.717, 1.165) is 12.8 Å². The zero-order valence-corrected chi connectivity index (χ0v) is 11.0. The number of hydrogen-bond acceptors (Lipinski definition) is 4. The molecular formula is C10H20N4O2S. The van der Waals surface area contributed by atoms with Gasteiger partial charge in [-0.25, -0.2) is 13.1 Å². The van der Waals surface area contributed by atoms with Gasteiger partial charge in [-0.3, -0.25) is 5.10 Å². The minimum atomic E-state index is -3.49. The molecule has 0 aliphatic rings. The number of nitrogens with zero attached hydrogens (tertiary/aromatic N) is 1. The van der Waals surface area contributed by atoms with Crippen molar-refractivity contribution < 1.29 is 8.42 Å². The Morgan fingerprint density at radius 1 is 1.47 bits per heavy atom. The van der Waals surface area contributed by atoms with Crippen LogP contribution < -0.4 is 10.5 Å². The third-order valence-electron chi connectivity index (χ3n) is 2.95. The van der Waals surface area contributed by atoms with Crippen molar-refractivity contribution in [2.24, 2.45) is 11.7 Å². The zero-order valence-electron chi connectivity index (χ0n) is 10.2. The fourth-order valence-electron chi connectivity index (χ4n) is 1.74. The first-order valence-electron chi connectivity index (χ1n) is 5.75. The molecule has 0 saturated carbocycles. The molecule has 17 heavy (non-hydrogen) atoms. The number of nitrogens with one attached hydrogen (secondary N) is 2. The first-order chi connectivity index (χ1) is 8.01. The number of hydrogen-bond donors (Lipinski definition) is 3. The van der Waals surface area contributed by atoms with Gasteiger partial charge in [-0.1, -0.05) is 26.7 Å². The molecule has 0 fully saturated rings. The molecule has 0 spiro atoms. The molecule has 1 aromatic heterocycles. The van der Waals surface area contributed by atoms with Gasteiger partial charge in [0.15, 0.2) is 0 Å². The summed E-state index contributed by atoms with van der Waals surface area (Å²) in [7, 11) is -3.49. The summed E-state index contributed by atoms with van der Waals surface area (Å²) in [6, 6.07) is -0.160. The molecule has 1 aromatic rings. The van der Waals surface area contributed by atoms with E-state index < -0.39 is 10.0 Å². The summed E-state index contributed by atoms with van der Waals surface area (Å²) >= 11 is 0. The molecular weight excluding hydrogens is 240 g/mol. The van der Waals surface area contributed by atoms with E-state index in [-0.39, 0.29) is 17.5 Å². The van der Waals surface area contributed by atoms with Crippen LogP contribution in [-0.2, 0) is 10.0 Å². The molecule has 1 unspecified atom stereocenters. The number of aromatic amines is 1. The Hall–Kier alpha value is -0.920. The van der Waals surface area contributed by atoms with Crippen molar-refractivity contribution in [2.75, 3.05) is 6.54 Å². The highest BCUT2D eigenvalue weighted by Gasteiger charge is 2.19. The summed E-state index contributed by atoms with van der Waals surface area (Å²) in [5.74, 6) is 0.335. The average Bonchev–Trinajstić information content (AvgIpc) is 2.82. The molecule has 98 valence electrons. The molecule has 0 radical (unpaired) electrons. The molecule has 0 aliphatic carbocycles. The standard InChI is InChI=1S/C10H20N4O2S/c1-3-8(4-2)10(11)7-14-17(15,16)9-5-12-13-6-9/h5-6,8,10,14H,3-4,7,11H2,1-2H3,(H,12,13). The van der Waals surface area contributed by atoms with Crippen LogP contribution in [-0.4, -0.2) is 31.2 Å². The molecule has 1 atom stereocenters. The second kappa shape index (κ2) is 6.13. The predicted molar refractivity (Wildman–Crippen MR) is 65.8 cm³/mol. The van der Waals surface area contributed by atoms with Crippen LogP contribution in [0.2, 0.25) is 0 Å². The summed E-state index contributed by atoms with van der Waals surface area (Å²) in [5, 5.41) is 6.08. The normalized spacial score (nSPS) is 14.1. The number of rotatable bonds is 7. The van der Waals surface area contributed by atoms with Crippen LogP contribution in [0.1, 0.15) is 26.7 Å². The minimum absolute atomic E-state index is 0.134. The van der Waals surface area contributed by atoms with Gasteiger partial charge in [0, 0.05) is 18.8 Å². The summed E-state index contributed by atoms with van der Waals surface area (Å²) in [6.45, 7) is 4.36. The Kier molecular flexibility index (Phi) is 5.10. The number of H-pyrrole nitrogens is 1. The van der Waals surface area contributed by atoms with Crippen LogP contribution in [0.15, 0.2) is 17.3 Å². The first kappa shape index (κ1) is 14.1. The Balaban J connectivity index is 2.56. The molecule has 4 N–H and O–H groups in total. The fraction of sp³-hybridized carbons (Fsp3) is 0.700. The van der Waals surface area contributed by atoms with E-state index in [9.17, 15) is 8.42 Å². The molecule has 0 amide bonds. The fourth-order valence-corrected chi connectivity index (χ4v) is 2.71. The quantitative estimate of drug-likeness (QED) is 0.662. The van der Waals surface area contributed by atoms with Crippen molar-refractivity contribution in [1.82, 2.24) is 14.9 Å². The summed E-state index contributed by atoms with van der Waals surface area (Å²) in [5.41, 5.74) is 5.95. The van der Waals surface area contributed by atoms with Crippen molar-refractivity contribution in [1.29, 1.82) is 0 Å². The van der Waals surface area contributed by atoms with Gasteiger partial charge in [0.05, 0.1) is 6.20 Å². The van der Waals surface area contributed by atoms with Crippen molar-refractivity contribution in [3.63, 3.8) is 0 Å². The topological polar surface area (TPSA) is 101 Å². The number of nitrogens with two attached hydrogens (primary N) is 1. The van der Waals surface area contributed by atoms with E-state index in [0.29, 0.717) is 5.92 Å². The second-order valence-electron chi connectivity index (χ2n) is 4.03. The third-order valence-corrected chi connectivity index (χ3v) is 4.34. The van der Waals surface area contributed by atoms with E-state index in [1.54, 1.807) is 0 Å². The Bertz CT molecular complexity index is 412. The van der Waals surface area contributed by atoms with Crippen LogP contribution in [0, 0.1) is 5.92 Å². The average molecular weight is 260 g/mol. The van der Waals surface area contributed by atoms with Gasteiger partial charge in [-0.2, -0.15) is 5.10 Å². The monoisotopic (exact) mass is 260 g/mol. The summed E-state index contributed by atoms with van der Waals surface area (Å²) in [4.78, 5) is 0.134. The van der Waals surface area contributed by atoms with Crippen molar-refractivity contribution in [2.45, 2.75) is 37.6 Å². The molecule has 6 nitrogen and oxygen atoms in total. The Labute approximate surface area is 102 Å². The SMILES string of the molecule is CCC(CC)C(N)CNS(=O)(=O)c1cn[nH]c1. The van der Waals surface area contributed by atoms with Crippen LogP contribution >= 0.6 is 0 Å². The van der Waals surface area contributed by atoms with Crippen LogP contribution in [0.3, 0.4) is 0 Å². The van der Waals surface area contributed by atoms with Crippen molar-refractivity contribution in [3.05, 3.63) is 12.4 Å². The Morgan fingerprint density at radius 3 is 2.59 bits per heavy atom. The first-order valence-corrected chi connectivity index (χ1v) is 7.23. The lowest BCUT2D eigenvalue weighted by atomic mass is 9.95. The van der Waals surface area contributed by atoms with Crippen LogP contribution in [0.5, 0.6) is 0 Å². The van der Waals surface area contributed by atoms with E-state index in [1.807, 2.05) is 0 Å². The van der Waals surface area contributed by atoms with E-state index in [1.165, 1.54) is 12.4 Å². The molecule has 1 rings (SSSR count). The molecule has 0 aliphatic heterocycles. The maximum Gasteiger partial charge on any atom is 0.243 e. The van der Waals surface area contributed by atoms with Crippen LogP contribution in [0.25, 0.3) is 0 Å². The summed E-state index contributed by atoms with van der Waals surface area (Å²) < 4.78 is 26.0. The highest BCUT2D eigenvalue weighted by molar-refractivity contribution is 7.89. The van der Waals surface area contributed by atoms with Crippen molar-refractivity contribution in [3.8, 4) is 0 Å². The van der Waals surface area contributed by atoms with Gasteiger partial charge in [0.1, 0.15) is 4.90 Å². The zero-order chi connectivity index (χ0) is 12.9. The molecule has 7 heteroatoms. The third kappa shape index (κ3) is 3.79. The van der Waals surface area contributed by atoms with Gasteiger partial charge in [-0.15, -0.1) is 0 Å². The number of sulfonamides is 1. The minimum Gasteiger partial charge on any atom is -0.326 e.